The molecule has 3 aliphatic rings. The van der Waals surface area contributed by atoms with Crippen molar-refractivity contribution in [2.24, 2.45) is 0 Å². The normalized spacial score (nSPS) is 29.4. The van der Waals surface area contributed by atoms with Gasteiger partial charge in [0.25, 0.3) is 0 Å². The summed E-state index contributed by atoms with van der Waals surface area (Å²) in [6.45, 7) is 12.4. The van der Waals surface area contributed by atoms with E-state index >= 15 is 0 Å². The molecule has 3 unspecified atom stereocenters. The lowest BCUT2D eigenvalue weighted by Gasteiger charge is -2.41. The number of carbonyl (C=O) groups excluding carboxylic acids is 1. The van der Waals surface area contributed by atoms with Gasteiger partial charge in [-0.1, -0.05) is 0 Å². The van der Waals surface area contributed by atoms with Gasteiger partial charge in [-0.15, -0.1) is 0 Å². The number of carbonyl (C=O) groups is 1. The first-order valence-corrected chi connectivity index (χ1v) is 13.0. The number of amides is 1. The molecule has 3 heterocycles. The predicted octanol–water partition coefficient (Wildman–Crippen LogP) is 1.23. The number of nitrogens with one attached hydrogen (secondary N) is 1. The van der Waals surface area contributed by atoms with Crippen LogP contribution in [0.4, 0.5) is 0 Å². The number of nitriles is 1. The summed E-state index contributed by atoms with van der Waals surface area (Å²) in [4.78, 5) is 16.7. The monoisotopic (exact) mass is 496 g/mol. The number of hydrogen-bond acceptors (Lipinski definition) is 9. The molecule has 35 heavy (non-hydrogen) atoms. The minimum atomic E-state index is -1.26. The largest absolute Gasteiger partial charge is 0.379 e. The zero-order valence-corrected chi connectivity index (χ0v) is 21.8. The number of piperidine rings is 1. The zero-order chi connectivity index (χ0) is 25.5. The van der Waals surface area contributed by atoms with Crippen LogP contribution in [-0.4, -0.2) is 109 Å². The van der Waals surface area contributed by atoms with Gasteiger partial charge in [-0.3, -0.25) is 4.79 Å². The minimum Gasteiger partial charge on any atom is -0.379 e. The first-order valence-electron chi connectivity index (χ1n) is 13.0. The van der Waals surface area contributed by atoms with Crippen molar-refractivity contribution in [1.29, 1.82) is 5.26 Å². The molecule has 3 saturated heterocycles. The van der Waals surface area contributed by atoms with E-state index in [0.717, 1.165) is 45.3 Å². The van der Waals surface area contributed by atoms with Crippen molar-refractivity contribution in [3.05, 3.63) is 0 Å². The molecule has 3 aliphatic heterocycles. The molecule has 0 aromatic rings. The highest BCUT2D eigenvalue weighted by atomic mass is 16.7. The van der Waals surface area contributed by atoms with E-state index in [0.29, 0.717) is 32.8 Å². The molecular weight excluding hydrogens is 452 g/mol. The van der Waals surface area contributed by atoms with Crippen LogP contribution in [0.3, 0.4) is 0 Å². The molecule has 3 rings (SSSR count). The Morgan fingerprint density at radius 2 is 2.03 bits per heavy atom. The maximum atomic E-state index is 12.6. The van der Waals surface area contributed by atoms with Crippen LogP contribution in [-0.2, 0) is 23.7 Å². The van der Waals surface area contributed by atoms with E-state index in [4.69, 9.17) is 18.9 Å². The van der Waals surface area contributed by atoms with Crippen molar-refractivity contribution in [2.45, 2.75) is 95.7 Å². The number of aliphatic hydroxyl groups is 1. The van der Waals surface area contributed by atoms with E-state index in [1.165, 1.54) is 0 Å². The van der Waals surface area contributed by atoms with Crippen molar-refractivity contribution in [2.75, 3.05) is 52.5 Å². The highest BCUT2D eigenvalue weighted by Gasteiger charge is 2.41. The van der Waals surface area contributed by atoms with E-state index < -0.39 is 12.1 Å². The SMILES string of the molecule is CCOCCOC1OC(CN2CCC(C)(NCC(=O)N3CCCC3C#N)CC2)C[C@H]1OC(C)(C)O. The van der Waals surface area contributed by atoms with Gasteiger partial charge < -0.3 is 39.2 Å². The summed E-state index contributed by atoms with van der Waals surface area (Å²) in [6.07, 6.45) is 3.26. The zero-order valence-electron chi connectivity index (χ0n) is 21.8. The molecule has 3 fully saturated rings. The number of hydrogen-bond donors (Lipinski definition) is 2. The molecule has 0 bridgehead atoms. The van der Waals surface area contributed by atoms with Crippen LogP contribution < -0.4 is 5.32 Å². The third kappa shape index (κ3) is 8.64. The quantitative estimate of drug-likeness (QED) is 0.304. The second kappa shape index (κ2) is 12.8. The number of likely N-dealkylation sites (tertiary alicyclic amines) is 2. The van der Waals surface area contributed by atoms with Gasteiger partial charge in [0.15, 0.2) is 12.1 Å². The highest BCUT2D eigenvalue weighted by Crippen LogP contribution is 2.29. The van der Waals surface area contributed by atoms with E-state index in [2.05, 4.69) is 23.2 Å². The van der Waals surface area contributed by atoms with Crippen LogP contribution in [0, 0.1) is 11.3 Å². The molecule has 10 heteroatoms. The highest BCUT2D eigenvalue weighted by molar-refractivity contribution is 5.79. The van der Waals surface area contributed by atoms with E-state index in [-0.39, 0.29) is 36.2 Å². The Balaban J connectivity index is 1.43. The van der Waals surface area contributed by atoms with Crippen LogP contribution >= 0.6 is 0 Å². The Morgan fingerprint density at radius 3 is 2.69 bits per heavy atom. The maximum Gasteiger partial charge on any atom is 0.237 e. The van der Waals surface area contributed by atoms with Crippen LogP contribution in [0.25, 0.3) is 0 Å². The predicted molar refractivity (Wildman–Crippen MR) is 129 cm³/mol. The average Bonchev–Trinajstić information content (AvgIpc) is 3.42. The summed E-state index contributed by atoms with van der Waals surface area (Å²) in [5, 5.41) is 22.8. The molecule has 0 saturated carbocycles. The fraction of sp³-hybridized carbons (Fsp3) is 0.920. The van der Waals surface area contributed by atoms with E-state index in [1.54, 1.807) is 18.7 Å². The van der Waals surface area contributed by atoms with Crippen molar-refractivity contribution in [3.63, 3.8) is 0 Å². The third-order valence-corrected chi connectivity index (χ3v) is 7.09. The molecule has 200 valence electrons. The van der Waals surface area contributed by atoms with Crippen LogP contribution in [0.5, 0.6) is 0 Å². The molecule has 0 aromatic heterocycles. The molecule has 0 aliphatic carbocycles. The van der Waals surface area contributed by atoms with Gasteiger partial charge in [0.2, 0.25) is 5.91 Å². The molecule has 1 amide bonds. The minimum absolute atomic E-state index is 0.0188. The Labute approximate surface area is 209 Å². The topological polar surface area (TPSA) is 117 Å². The van der Waals surface area contributed by atoms with Gasteiger partial charge in [0.1, 0.15) is 12.1 Å². The Kier molecular flexibility index (Phi) is 10.3. The molecule has 0 aromatic carbocycles. The van der Waals surface area contributed by atoms with Crippen LogP contribution in [0.15, 0.2) is 0 Å². The fourth-order valence-electron chi connectivity index (χ4n) is 5.09. The van der Waals surface area contributed by atoms with Crippen LogP contribution in [0.2, 0.25) is 0 Å². The summed E-state index contributed by atoms with van der Waals surface area (Å²) >= 11 is 0. The van der Waals surface area contributed by atoms with Gasteiger partial charge in [-0.05, 0) is 66.5 Å². The van der Waals surface area contributed by atoms with Crippen molar-refractivity contribution < 1.29 is 28.8 Å². The molecule has 10 nitrogen and oxygen atoms in total. The lowest BCUT2D eigenvalue weighted by molar-refractivity contribution is -0.254. The number of nitrogens with zero attached hydrogens (tertiary/aromatic N) is 3. The van der Waals surface area contributed by atoms with Gasteiger partial charge >= 0.3 is 0 Å². The maximum absolute atomic E-state index is 12.6. The molecule has 0 radical (unpaired) electrons. The number of rotatable bonds is 12. The van der Waals surface area contributed by atoms with Gasteiger partial charge in [-0.2, -0.15) is 5.26 Å². The first-order chi connectivity index (χ1) is 16.6. The van der Waals surface area contributed by atoms with Gasteiger partial charge in [0.05, 0.1) is 31.9 Å². The fourth-order valence-corrected chi connectivity index (χ4v) is 5.09. The Bertz CT molecular complexity index is 716. The smallest absolute Gasteiger partial charge is 0.237 e. The summed E-state index contributed by atoms with van der Waals surface area (Å²) in [5.74, 6) is -1.24. The third-order valence-electron chi connectivity index (χ3n) is 7.09. The van der Waals surface area contributed by atoms with Gasteiger partial charge in [0, 0.05) is 31.7 Å². The Hall–Kier alpha value is -1.32. The summed E-state index contributed by atoms with van der Waals surface area (Å²) in [6, 6.07) is 1.96. The van der Waals surface area contributed by atoms with Gasteiger partial charge in [-0.25, -0.2) is 0 Å². The molecule has 2 N–H and O–H groups in total. The van der Waals surface area contributed by atoms with Crippen LogP contribution in [0.1, 0.15) is 59.8 Å². The second-order valence-electron chi connectivity index (χ2n) is 10.6. The Morgan fingerprint density at radius 1 is 1.29 bits per heavy atom. The lowest BCUT2D eigenvalue weighted by atomic mass is 9.89. The molecule has 0 spiro atoms. The summed E-state index contributed by atoms with van der Waals surface area (Å²) < 4.78 is 23.2. The molecule has 4 atom stereocenters. The van der Waals surface area contributed by atoms with E-state index in [1.807, 2.05) is 6.92 Å². The van der Waals surface area contributed by atoms with Crippen molar-refractivity contribution in [3.8, 4) is 6.07 Å². The summed E-state index contributed by atoms with van der Waals surface area (Å²) in [5.41, 5.74) is -0.109. The van der Waals surface area contributed by atoms with Crippen molar-refractivity contribution in [1.82, 2.24) is 15.1 Å². The van der Waals surface area contributed by atoms with E-state index in [9.17, 15) is 15.2 Å². The standard InChI is InChI=1S/C25H44N4O6/c1-5-32-13-14-33-23-21(35-24(2,3)31)15-20(34-23)18-28-11-8-25(4,9-12-28)27-17-22(30)29-10-6-7-19(29)16-26/h19-21,23,27,31H,5-15,17-18H2,1-4H3/t19?,20?,21-,23?/m1/s1. The summed E-state index contributed by atoms with van der Waals surface area (Å²) in [7, 11) is 0. The number of ether oxygens (including phenoxy) is 4. The van der Waals surface area contributed by atoms with Crippen molar-refractivity contribution >= 4 is 5.91 Å². The molecular formula is C25H44N4O6. The average molecular weight is 497 g/mol. The second-order valence-corrected chi connectivity index (χ2v) is 10.6. The lowest BCUT2D eigenvalue weighted by Crippen LogP contribution is -2.55. The first kappa shape index (κ1) is 28.3.